The summed E-state index contributed by atoms with van der Waals surface area (Å²) in [5, 5.41) is 7.70. The zero-order valence-electron chi connectivity index (χ0n) is 10.1. The second-order valence-electron chi connectivity index (χ2n) is 4.99. The Balaban J connectivity index is 1.95. The first kappa shape index (κ1) is 12.8. The van der Waals surface area contributed by atoms with Crippen LogP contribution in [0.1, 0.15) is 32.6 Å². The Hall–Kier alpha value is -0.640. The number of sulfonamides is 1. The highest BCUT2D eigenvalue weighted by molar-refractivity contribution is 7.90. The van der Waals surface area contributed by atoms with Crippen molar-refractivity contribution < 1.29 is 8.42 Å². The van der Waals surface area contributed by atoms with Crippen molar-refractivity contribution in [3.63, 3.8) is 0 Å². The van der Waals surface area contributed by atoms with Gasteiger partial charge >= 0.3 is 0 Å². The molecule has 2 rings (SSSR count). The lowest BCUT2D eigenvalue weighted by Gasteiger charge is -2.35. The molecule has 2 fully saturated rings. The number of nitrogens with zero attached hydrogens (tertiary/aromatic N) is 2. The number of piperidine rings is 1. The number of hydrogen-bond donors (Lipinski definition) is 1. The second kappa shape index (κ2) is 4.92. The van der Waals surface area contributed by atoms with Crippen molar-refractivity contribution in [3.05, 3.63) is 0 Å². The number of nitriles is 1. The van der Waals surface area contributed by atoms with Gasteiger partial charge in [-0.05, 0) is 45.7 Å². The van der Waals surface area contributed by atoms with E-state index in [-0.39, 0.29) is 6.04 Å². The first-order valence-electron chi connectivity index (χ1n) is 6.18. The van der Waals surface area contributed by atoms with E-state index in [1.165, 1.54) is 19.8 Å². The maximum absolute atomic E-state index is 11.8. The van der Waals surface area contributed by atoms with Crippen LogP contribution in [0.2, 0.25) is 0 Å². The number of rotatable bonds is 3. The van der Waals surface area contributed by atoms with E-state index in [9.17, 15) is 8.42 Å². The van der Waals surface area contributed by atoms with Gasteiger partial charge in [-0.25, -0.2) is 13.1 Å². The van der Waals surface area contributed by atoms with Gasteiger partial charge in [-0.1, -0.05) is 0 Å². The van der Waals surface area contributed by atoms with Gasteiger partial charge in [0.25, 0.3) is 0 Å². The molecule has 0 aromatic carbocycles. The lowest BCUT2D eigenvalue weighted by molar-refractivity contribution is 0.176. The van der Waals surface area contributed by atoms with Crippen LogP contribution in [0.25, 0.3) is 0 Å². The van der Waals surface area contributed by atoms with Gasteiger partial charge in [0.2, 0.25) is 10.0 Å². The number of fused-ring (bicyclic) bond motifs is 1. The van der Waals surface area contributed by atoms with Crippen molar-refractivity contribution >= 4 is 10.0 Å². The molecular formula is C11H19N3O2S. The summed E-state index contributed by atoms with van der Waals surface area (Å²) in [7, 11) is -3.47. The van der Waals surface area contributed by atoms with Crippen LogP contribution in [-0.2, 0) is 10.0 Å². The predicted molar refractivity (Wildman–Crippen MR) is 64.7 cm³/mol. The minimum Gasteiger partial charge on any atom is -0.300 e. The van der Waals surface area contributed by atoms with Crippen LogP contribution in [-0.4, -0.2) is 43.7 Å². The van der Waals surface area contributed by atoms with Crippen molar-refractivity contribution in [2.45, 2.75) is 49.9 Å². The highest BCUT2D eigenvalue weighted by Crippen LogP contribution is 2.27. The fourth-order valence-electron chi connectivity index (χ4n) is 2.74. The summed E-state index contributed by atoms with van der Waals surface area (Å²) in [6.45, 7) is 3.55. The largest absolute Gasteiger partial charge is 0.300 e. The normalized spacial score (nSPS) is 31.8. The van der Waals surface area contributed by atoms with Crippen molar-refractivity contribution in [1.29, 1.82) is 5.26 Å². The molecule has 0 radical (unpaired) electrons. The van der Waals surface area contributed by atoms with E-state index >= 15 is 0 Å². The topological polar surface area (TPSA) is 73.2 Å². The van der Waals surface area contributed by atoms with Gasteiger partial charge in [-0.2, -0.15) is 5.26 Å². The van der Waals surface area contributed by atoms with Gasteiger partial charge in [-0.15, -0.1) is 0 Å². The molecule has 0 amide bonds. The Morgan fingerprint density at radius 3 is 2.88 bits per heavy atom. The Labute approximate surface area is 103 Å². The van der Waals surface area contributed by atoms with Crippen LogP contribution < -0.4 is 4.72 Å². The fraction of sp³-hybridized carbons (Fsp3) is 0.909. The maximum atomic E-state index is 11.8. The minimum absolute atomic E-state index is 0.00940. The van der Waals surface area contributed by atoms with Crippen molar-refractivity contribution in [2.75, 3.05) is 13.1 Å². The quantitative estimate of drug-likeness (QED) is 0.796. The van der Waals surface area contributed by atoms with E-state index < -0.39 is 15.3 Å². The zero-order chi connectivity index (χ0) is 12.5. The Bertz CT molecular complexity index is 415. The van der Waals surface area contributed by atoms with Gasteiger partial charge in [0, 0.05) is 12.1 Å². The van der Waals surface area contributed by atoms with Gasteiger partial charge in [0.1, 0.15) is 0 Å². The van der Waals surface area contributed by atoms with Crippen molar-refractivity contribution in [1.82, 2.24) is 9.62 Å². The van der Waals surface area contributed by atoms with Gasteiger partial charge in [-0.3, -0.25) is 0 Å². The van der Waals surface area contributed by atoms with Gasteiger partial charge in [0.05, 0.1) is 6.07 Å². The molecule has 2 heterocycles. The Morgan fingerprint density at radius 1 is 1.41 bits per heavy atom. The molecule has 3 unspecified atom stereocenters. The molecule has 0 spiro atoms. The molecular weight excluding hydrogens is 238 g/mol. The molecule has 2 aliphatic heterocycles. The number of hydrogen-bond acceptors (Lipinski definition) is 4. The summed E-state index contributed by atoms with van der Waals surface area (Å²) >= 11 is 0. The van der Waals surface area contributed by atoms with E-state index in [1.807, 2.05) is 0 Å². The summed E-state index contributed by atoms with van der Waals surface area (Å²) in [4.78, 5) is 2.44. The van der Waals surface area contributed by atoms with Crippen LogP contribution in [0, 0.1) is 11.3 Å². The molecule has 3 atom stereocenters. The molecule has 2 aliphatic rings. The fourth-order valence-corrected chi connectivity index (χ4v) is 3.76. The smallest absolute Gasteiger partial charge is 0.227 e. The van der Waals surface area contributed by atoms with Crippen molar-refractivity contribution in [2.24, 2.45) is 0 Å². The summed E-state index contributed by atoms with van der Waals surface area (Å²) in [5.74, 6) is 0. The lowest BCUT2D eigenvalue weighted by atomic mass is 9.99. The SMILES string of the molecule is CC(C#N)S(=O)(=O)NC1CCN2CCCC2C1. The molecule has 0 saturated carbocycles. The monoisotopic (exact) mass is 257 g/mol. The zero-order valence-corrected chi connectivity index (χ0v) is 10.9. The molecule has 0 aliphatic carbocycles. The standard InChI is InChI=1S/C11H19N3O2S/c1-9(8-12)17(15,16)13-10-4-6-14-5-2-3-11(14)7-10/h9-11,13H,2-7H2,1H3. The predicted octanol–water partition coefficient (Wildman–Crippen LogP) is 0.445. The maximum Gasteiger partial charge on any atom is 0.227 e. The molecule has 0 aromatic heterocycles. The van der Waals surface area contributed by atoms with Gasteiger partial charge in [0.15, 0.2) is 5.25 Å². The highest BCUT2D eigenvalue weighted by Gasteiger charge is 2.34. The van der Waals surface area contributed by atoms with E-state index in [0.29, 0.717) is 6.04 Å². The van der Waals surface area contributed by atoms with Crippen LogP contribution in [0.15, 0.2) is 0 Å². The lowest BCUT2D eigenvalue weighted by Crippen LogP contribution is -2.48. The van der Waals surface area contributed by atoms with E-state index in [2.05, 4.69) is 9.62 Å². The molecule has 96 valence electrons. The Morgan fingerprint density at radius 2 is 2.18 bits per heavy atom. The summed E-state index contributed by atoms with van der Waals surface area (Å²) in [5.41, 5.74) is 0. The van der Waals surface area contributed by atoms with Crippen LogP contribution in [0.4, 0.5) is 0 Å². The number of nitrogens with one attached hydrogen (secondary N) is 1. The van der Waals surface area contributed by atoms with E-state index in [1.54, 1.807) is 6.07 Å². The first-order chi connectivity index (χ1) is 8.03. The van der Waals surface area contributed by atoms with E-state index in [4.69, 9.17) is 5.26 Å². The molecule has 0 bridgehead atoms. The van der Waals surface area contributed by atoms with Crippen LogP contribution in [0.3, 0.4) is 0 Å². The molecule has 2 saturated heterocycles. The minimum atomic E-state index is -3.47. The average Bonchev–Trinajstić information content (AvgIpc) is 2.74. The third-order valence-electron chi connectivity index (χ3n) is 3.80. The van der Waals surface area contributed by atoms with Crippen LogP contribution >= 0.6 is 0 Å². The second-order valence-corrected chi connectivity index (χ2v) is 7.02. The molecule has 17 heavy (non-hydrogen) atoms. The molecule has 0 aromatic rings. The highest BCUT2D eigenvalue weighted by atomic mass is 32.2. The molecule has 5 nitrogen and oxygen atoms in total. The summed E-state index contributed by atoms with van der Waals surface area (Å²) < 4.78 is 26.2. The third-order valence-corrected chi connectivity index (χ3v) is 5.50. The van der Waals surface area contributed by atoms with Crippen LogP contribution in [0.5, 0.6) is 0 Å². The summed E-state index contributed by atoms with van der Waals surface area (Å²) in [6, 6.07) is 2.33. The van der Waals surface area contributed by atoms with Gasteiger partial charge < -0.3 is 4.90 Å². The Kier molecular flexibility index (Phi) is 3.71. The average molecular weight is 257 g/mol. The first-order valence-corrected chi connectivity index (χ1v) is 7.72. The van der Waals surface area contributed by atoms with Crippen molar-refractivity contribution in [3.8, 4) is 6.07 Å². The van der Waals surface area contributed by atoms with E-state index in [0.717, 1.165) is 25.9 Å². The third kappa shape index (κ3) is 2.79. The summed E-state index contributed by atoms with van der Waals surface area (Å²) in [6.07, 6.45) is 4.13. The molecule has 1 N–H and O–H groups in total. The molecule has 6 heteroatoms.